The molecule has 0 unspecified atom stereocenters. The van der Waals surface area contributed by atoms with Gasteiger partial charge in [0.25, 0.3) is 0 Å². The van der Waals surface area contributed by atoms with E-state index in [1.54, 1.807) is 0 Å². The van der Waals surface area contributed by atoms with E-state index in [2.05, 4.69) is 17.0 Å². The summed E-state index contributed by atoms with van der Waals surface area (Å²) in [6, 6.07) is 14.6. The molecule has 0 radical (unpaired) electrons. The fraction of sp³-hybridized carbons (Fsp3) is 0.316. The number of aromatic carboxylic acids is 1. The predicted molar refractivity (Wildman–Crippen MR) is 87.1 cm³/mol. The zero-order valence-corrected chi connectivity index (χ0v) is 12.9. The maximum atomic E-state index is 14.2. The molecule has 4 heteroatoms. The van der Waals surface area contributed by atoms with Gasteiger partial charge in [0.05, 0.1) is 5.56 Å². The molecule has 120 valence electrons. The Kier molecular flexibility index (Phi) is 4.72. The Morgan fingerprint density at radius 2 is 1.78 bits per heavy atom. The minimum absolute atomic E-state index is 0.0191. The summed E-state index contributed by atoms with van der Waals surface area (Å²) in [4.78, 5) is 13.7. The second-order valence-electron chi connectivity index (χ2n) is 6.04. The first-order chi connectivity index (χ1) is 11.1. The summed E-state index contributed by atoms with van der Waals surface area (Å²) < 4.78 is 14.2. The van der Waals surface area contributed by atoms with Gasteiger partial charge in [0.2, 0.25) is 0 Å². The number of hydrogen-bond donors (Lipinski definition) is 1. The highest BCUT2D eigenvalue weighted by Gasteiger charge is 2.26. The molecule has 0 spiro atoms. The van der Waals surface area contributed by atoms with Crippen LogP contribution in [-0.2, 0) is 6.54 Å². The largest absolute Gasteiger partial charge is 0.478 e. The molecule has 3 nitrogen and oxygen atoms in total. The number of halogens is 1. The number of rotatable bonds is 4. The van der Waals surface area contributed by atoms with Gasteiger partial charge in [0.15, 0.2) is 0 Å². The quantitative estimate of drug-likeness (QED) is 0.930. The fourth-order valence-electron chi connectivity index (χ4n) is 3.36. The summed E-state index contributed by atoms with van der Waals surface area (Å²) in [6.07, 6.45) is 1.57. The van der Waals surface area contributed by atoms with Gasteiger partial charge in [-0.3, -0.25) is 4.90 Å². The Morgan fingerprint density at radius 1 is 1.09 bits per heavy atom. The number of nitrogens with zero attached hydrogens (tertiary/aromatic N) is 1. The van der Waals surface area contributed by atoms with Crippen LogP contribution >= 0.6 is 0 Å². The van der Waals surface area contributed by atoms with Crippen molar-refractivity contribution in [2.75, 3.05) is 13.1 Å². The molecule has 1 aliphatic heterocycles. The van der Waals surface area contributed by atoms with E-state index in [1.165, 1.54) is 23.8 Å². The van der Waals surface area contributed by atoms with E-state index in [-0.39, 0.29) is 11.5 Å². The third kappa shape index (κ3) is 3.59. The molecule has 0 aliphatic carbocycles. The van der Waals surface area contributed by atoms with E-state index in [1.807, 2.05) is 18.2 Å². The number of carboxylic acids is 1. The molecule has 1 aliphatic rings. The Labute approximate surface area is 135 Å². The maximum Gasteiger partial charge on any atom is 0.336 e. The van der Waals surface area contributed by atoms with Crippen molar-refractivity contribution in [2.24, 2.45) is 0 Å². The average Bonchev–Trinajstić information content (AvgIpc) is 2.56. The highest BCUT2D eigenvalue weighted by Crippen LogP contribution is 2.32. The van der Waals surface area contributed by atoms with Gasteiger partial charge < -0.3 is 5.11 Å². The minimum atomic E-state index is -1.05. The molecule has 3 rings (SSSR count). The van der Waals surface area contributed by atoms with Gasteiger partial charge in [0.1, 0.15) is 5.82 Å². The lowest BCUT2D eigenvalue weighted by atomic mass is 9.86. The molecule has 2 aromatic carbocycles. The van der Waals surface area contributed by atoms with Gasteiger partial charge in [-0.2, -0.15) is 0 Å². The highest BCUT2D eigenvalue weighted by molar-refractivity contribution is 5.89. The van der Waals surface area contributed by atoms with E-state index < -0.39 is 11.8 Å². The molecule has 1 heterocycles. The number of likely N-dealkylation sites (tertiary alicyclic amines) is 1. The normalized spacial score (nSPS) is 16.4. The van der Waals surface area contributed by atoms with Crippen LogP contribution in [0.3, 0.4) is 0 Å². The zero-order chi connectivity index (χ0) is 16.2. The SMILES string of the molecule is O=C(O)c1cccc(F)c1C1CCN(Cc2ccccc2)CC1. The van der Waals surface area contributed by atoms with Gasteiger partial charge >= 0.3 is 5.97 Å². The van der Waals surface area contributed by atoms with Crippen LogP contribution in [0.25, 0.3) is 0 Å². The minimum Gasteiger partial charge on any atom is -0.478 e. The molecule has 0 bridgehead atoms. The van der Waals surface area contributed by atoms with Crippen LogP contribution < -0.4 is 0 Å². The monoisotopic (exact) mass is 313 g/mol. The van der Waals surface area contributed by atoms with Crippen LogP contribution in [-0.4, -0.2) is 29.1 Å². The summed E-state index contributed by atoms with van der Waals surface area (Å²) in [5.74, 6) is -1.47. The molecule has 1 N–H and O–H groups in total. The summed E-state index contributed by atoms with van der Waals surface area (Å²) >= 11 is 0. The molecular formula is C19H20FNO2. The van der Waals surface area contributed by atoms with Crippen molar-refractivity contribution in [3.8, 4) is 0 Å². The number of carbonyl (C=O) groups is 1. The summed E-state index contributed by atoms with van der Waals surface area (Å²) in [6.45, 7) is 2.59. The first-order valence-corrected chi connectivity index (χ1v) is 7.93. The molecule has 0 atom stereocenters. The van der Waals surface area contributed by atoms with E-state index >= 15 is 0 Å². The Balaban J connectivity index is 1.69. The van der Waals surface area contributed by atoms with E-state index in [4.69, 9.17) is 0 Å². The average molecular weight is 313 g/mol. The third-order valence-electron chi connectivity index (χ3n) is 4.53. The number of piperidine rings is 1. The van der Waals surface area contributed by atoms with Crippen molar-refractivity contribution in [2.45, 2.75) is 25.3 Å². The van der Waals surface area contributed by atoms with Crippen LogP contribution in [0.15, 0.2) is 48.5 Å². The smallest absolute Gasteiger partial charge is 0.336 e. The van der Waals surface area contributed by atoms with Gasteiger partial charge in [0, 0.05) is 12.1 Å². The second-order valence-corrected chi connectivity index (χ2v) is 6.04. The van der Waals surface area contributed by atoms with Crippen LogP contribution in [0.1, 0.15) is 40.2 Å². The van der Waals surface area contributed by atoms with Crippen molar-refractivity contribution < 1.29 is 14.3 Å². The van der Waals surface area contributed by atoms with Crippen LogP contribution in [0.2, 0.25) is 0 Å². The van der Waals surface area contributed by atoms with E-state index in [9.17, 15) is 14.3 Å². The predicted octanol–water partition coefficient (Wildman–Crippen LogP) is 3.90. The topological polar surface area (TPSA) is 40.5 Å². The van der Waals surface area contributed by atoms with Crippen LogP contribution in [0.4, 0.5) is 4.39 Å². The second kappa shape index (κ2) is 6.92. The Morgan fingerprint density at radius 3 is 2.43 bits per heavy atom. The molecule has 1 saturated heterocycles. The van der Waals surface area contributed by atoms with Gasteiger partial charge in [-0.25, -0.2) is 9.18 Å². The molecule has 0 saturated carbocycles. The van der Waals surface area contributed by atoms with Crippen molar-refractivity contribution >= 4 is 5.97 Å². The van der Waals surface area contributed by atoms with Crippen LogP contribution in [0, 0.1) is 5.82 Å². The number of carboxylic acid groups (broad SMARTS) is 1. The molecule has 2 aromatic rings. The lowest BCUT2D eigenvalue weighted by molar-refractivity contribution is 0.0693. The first kappa shape index (κ1) is 15.7. The number of benzene rings is 2. The first-order valence-electron chi connectivity index (χ1n) is 7.93. The lowest BCUT2D eigenvalue weighted by Gasteiger charge is -2.32. The number of hydrogen-bond acceptors (Lipinski definition) is 2. The van der Waals surface area contributed by atoms with E-state index in [0.29, 0.717) is 5.56 Å². The van der Waals surface area contributed by atoms with Crippen molar-refractivity contribution in [3.05, 3.63) is 71.0 Å². The molecule has 1 fully saturated rings. The Bertz CT molecular complexity index is 679. The molecule has 0 aromatic heterocycles. The highest BCUT2D eigenvalue weighted by atomic mass is 19.1. The summed E-state index contributed by atoms with van der Waals surface area (Å²) in [7, 11) is 0. The van der Waals surface area contributed by atoms with E-state index in [0.717, 1.165) is 32.5 Å². The summed E-state index contributed by atoms with van der Waals surface area (Å²) in [5.41, 5.74) is 1.74. The molecular weight excluding hydrogens is 293 g/mol. The van der Waals surface area contributed by atoms with Gasteiger partial charge in [-0.1, -0.05) is 36.4 Å². The molecule has 23 heavy (non-hydrogen) atoms. The molecule has 0 amide bonds. The Hall–Kier alpha value is -2.20. The third-order valence-corrected chi connectivity index (χ3v) is 4.53. The van der Waals surface area contributed by atoms with Crippen molar-refractivity contribution in [3.63, 3.8) is 0 Å². The fourth-order valence-corrected chi connectivity index (χ4v) is 3.36. The van der Waals surface area contributed by atoms with Crippen molar-refractivity contribution in [1.82, 2.24) is 4.90 Å². The van der Waals surface area contributed by atoms with Crippen LogP contribution in [0.5, 0.6) is 0 Å². The standard InChI is InChI=1S/C19H20FNO2/c20-17-8-4-7-16(19(22)23)18(17)15-9-11-21(12-10-15)13-14-5-2-1-3-6-14/h1-8,15H,9-13H2,(H,22,23). The maximum absolute atomic E-state index is 14.2. The zero-order valence-electron chi connectivity index (χ0n) is 12.9. The van der Waals surface area contributed by atoms with Crippen molar-refractivity contribution in [1.29, 1.82) is 0 Å². The lowest BCUT2D eigenvalue weighted by Crippen LogP contribution is -2.33. The van der Waals surface area contributed by atoms with Gasteiger partial charge in [-0.05, 0) is 49.5 Å². The van der Waals surface area contributed by atoms with Gasteiger partial charge in [-0.15, -0.1) is 0 Å². The summed E-state index contributed by atoms with van der Waals surface area (Å²) in [5, 5.41) is 9.29.